The van der Waals surface area contributed by atoms with E-state index in [1.807, 2.05) is 50.2 Å². The lowest BCUT2D eigenvalue weighted by atomic mass is 10.1. The van der Waals surface area contributed by atoms with Gasteiger partial charge in [-0.25, -0.2) is 4.98 Å². The highest BCUT2D eigenvalue weighted by atomic mass is 32.2. The molecule has 0 N–H and O–H groups in total. The minimum atomic E-state index is -4.11. The molecule has 4 aromatic rings. The van der Waals surface area contributed by atoms with Crippen molar-refractivity contribution in [3.8, 4) is 17.2 Å². The van der Waals surface area contributed by atoms with Crippen molar-refractivity contribution < 1.29 is 27.2 Å². The zero-order valence-electron chi connectivity index (χ0n) is 22.7. The Kier molecular flexibility index (Phi) is 7.90. The van der Waals surface area contributed by atoms with Crippen LogP contribution in [0.3, 0.4) is 0 Å². The number of fused-ring (bicyclic) bond motifs is 1. The van der Waals surface area contributed by atoms with Gasteiger partial charge in [-0.1, -0.05) is 48.0 Å². The first kappa shape index (κ1) is 27.4. The van der Waals surface area contributed by atoms with Crippen molar-refractivity contribution in [1.82, 2.24) is 9.45 Å². The number of aryl methyl sites for hydroxylation is 2. The zero-order valence-corrected chi connectivity index (χ0v) is 23.5. The third-order valence-electron chi connectivity index (χ3n) is 6.64. The number of nitrogens with zero attached hydrogens (tertiary/aromatic N) is 3. The second-order valence-electron chi connectivity index (χ2n) is 9.63. The summed E-state index contributed by atoms with van der Waals surface area (Å²) in [6.07, 6.45) is 1.16. The number of anilines is 1. The van der Waals surface area contributed by atoms with Crippen molar-refractivity contribution >= 4 is 21.9 Å². The van der Waals surface area contributed by atoms with Crippen LogP contribution < -0.4 is 9.04 Å². The molecule has 0 saturated heterocycles. The van der Waals surface area contributed by atoms with Crippen LogP contribution >= 0.6 is 0 Å². The summed E-state index contributed by atoms with van der Waals surface area (Å²) in [6.45, 7) is 5.63. The van der Waals surface area contributed by atoms with Gasteiger partial charge in [0.15, 0.2) is 0 Å². The van der Waals surface area contributed by atoms with Crippen LogP contribution in [0, 0.1) is 13.8 Å². The Balaban J connectivity index is 1.21. The van der Waals surface area contributed by atoms with E-state index >= 15 is 0 Å². The SMILES string of the molecule is CC(=O)ON(Cc1ccc(OCCc2nc(-c3ccc(C)cc3)oc2C)cc1)S(=O)(=O)N1CCc2ccccc21. The molecule has 3 aromatic carbocycles. The topological polar surface area (TPSA) is 102 Å². The standard InChI is InChI=1S/C30H31N3O6S/c1-21-8-12-26(13-9-21)30-31-28(22(2)38-30)17-19-37-27-14-10-24(11-15-27)20-33(39-23(3)34)40(35,36)32-18-16-25-6-4-5-7-29(25)32/h4-15H,16-20H2,1-3H3. The lowest BCUT2D eigenvalue weighted by Gasteiger charge is -2.27. The first-order chi connectivity index (χ1) is 19.2. The molecule has 10 heteroatoms. The van der Waals surface area contributed by atoms with Gasteiger partial charge in [0.2, 0.25) is 5.89 Å². The number of hydrogen-bond acceptors (Lipinski definition) is 7. The molecular formula is C30H31N3O6S. The average molecular weight is 562 g/mol. The Morgan fingerprint density at radius 3 is 2.48 bits per heavy atom. The fourth-order valence-electron chi connectivity index (χ4n) is 4.55. The average Bonchev–Trinajstić information content (AvgIpc) is 3.53. The maximum Gasteiger partial charge on any atom is 0.335 e. The van der Waals surface area contributed by atoms with Crippen molar-refractivity contribution in [3.05, 3.63) is 101 Å². The van der Waals surface area contributed by atoms with Gasteiger partial charge >= 0.3 is 16.2 Å². The highest BCUT2D eigenvalue weighted by molar-refractivity contribution is 7.90. The molecule has 0 atom stereocenters. The van der Waals surface area contributed by atoms with Crippen molar-refractivity contribution in [3.63, 3.8) is 0 Å². The normalized spacial score (nSPS) is 12.9. The highest BCUT2D eigenvalue weighted by Gasteiger charge is 2.36. The van der Waals surface area contributed by atoms with Crippen LogP contribution in [0.1, 0.15) is 35.1 Å². The monoisotopic (exact) mass is 561 g/mol. The molecular weight excluding hydrogens is 530 g/mol. The number of benzene rings is 3. The van der Waals surface area contributed by atoms with Crippen LogP contribution in [0.15, 0.2) is 77.2 Å². The molecule has 208 valence electrons. The van der Waals surface area contributed by atoms with Gasteiger partial charge in [-0.3, -0.25) is 9.10 Å². The summed E-state index contributed by atoms with van der Waals surface area (Å²) in [5.74, 6) is 1.24. The predicted molar refractivity (Wildman–Crippen MR) is 151 cm³/mol. The Morgan fingerprint density at radius 1 is 1.02 bits per heavy atom. The molecule has 40 heavy (non-hydrogen) atoms. The Morgan fingerprint density at radius 2 is 1.75 bits per heavy atom. The highest BCUT2D eigenvalue weighted by Crippen LogP contribution is 2.32. The van der Waals surface area contributed by atoms with Crippen LogP contribution in [-0.2, 0) is 39.2 Å². The summed E-state index contributed by atoms with van der Waals surface area (Å²) in [5, 5.41) is 0. The molecule has 1 aliphatic rings. The number of para-hydroxylation sites is 1. The summed E-state index contributed by atoms with van der Waals surface area (Å²) in [5.41, 5.74) is 5.09. The van der Waals surface area contributed by atoms with E-state index < -0.39 is 16.2 Å². The molecule has 1 aromatic heterocycles. The minimum Gasteiger partial charge on any atom is -0.493 e. The molecule has 0 unspecified atom stereocenters. The van der Waals surface area contributed by atoms with Crippen LogP contribution in [-0.4, -0.2) is 37.0 Å². The number of carbonyl (C=O) groups is 1. The van der Waals surface area contributed by atoms with Crippen LogP contribution in [0.4, 0.5) is 5.69 Å². The van der Waals surface area contributed by atoms with Gasteiger partial charge in [0.25, 0.3) is 0 Å². The number of aromatic nitrogens is 1. The second kappa shape index (κ2) is 11.5. The van der Waals surface area contributed by atoms with E-state index in [1.165, 1.54) is 16.8 Å². The maximum atomic E-state index is 13.4. The van der Waals surface area contributed by atoms with E-state index in [4.69, 9.17) is 14.0 Å². The van der Waals surface area contributed by atoms with Gasteiger partial charge in [-0.15, -0.1) is 0 Å². The fourth-order valence-corrected chi connectivity index (χ4v) is 6.03. The molecule has 0 bridgehead atoms. The van der Waals surface area contributed by atoms with Gasteiger partial charge in [0, 0.05) is 25.5 Å². The molecule has 9 nitrogen and oxygen atoms in total. The van der Waals surface area contributed by atoms with Gasteiger partial charge in [-0.05, 0) is 66.2 Å². The number of hydroxylamine groups is 1. The number of hydrogen-bond donors (Lipinski definition) is 0. The minimum absolute atomic E-state index is 0.138. The Bertz CT molecular complexity index is 1600. The zero-order chi connectivity index (χ0) is 28.3. The predicted octanol–water partition coefficient (Wildman–Crippen LogP) is 5.17. The number of carbonyl (C=O) groups excluding carboxylic acids is 1. The maximum absolute atomic E-state index is 13.4. The van der Waals surface area contributed by atoms with Gasteiger partial charge in [-0.2, -0.15) is 8.42 Å². The smallest absolute Gasteiger partial charge is 0.335 e. The lowest BCUT2D eigenvalue weighted by Crippen LogP contribution is -2.43. The largest absolute Gasteiger partial charge is 0.493 e. The molecule has 5 rings (SSSR count). The first-order valence-electron chi connectivity index (χ1n) is 13.0. The molecule has 2 heterocycles. The summed E-state index contributed by atoms with van der Waals surface area (Å²) in [6, 6.07) is 22.3. The Labute approximate surface area is 234 Å². The molecule has 0 saturated carbocycles. The van der Waals surface area contributed by atoms with E-state index in [2.05, 4.69) is 4.98 Å². The molecule has 1 aliphatic heterocycles. The summed E-state index contributed by atoms with van der Waals surface area (Å²) in [7, 11) is -4.11. The van der Waals surface area contributed by atoms with E-state index in [1.54, 1.807) is 36.4 Å². The molecule has 0 amide bonds. The molecule has 0 fully saturated rings. The van der Waals surface area contributed by atoms with Crippen LogP contribution in [0.5, 0.6) is 5.75 Å². The molecule has 0 spiro atoms. The molecule has 0 aliphatic carbocycles. The molecule has 0 radical (unpaired) electrons. The first-order valence-corrected chi connectivity index (χ1v) is 14.4. The van der Waals surface area contributed by atoms with Crippen LogP contribution in [0.2, 0.25) is 0 Å². The Hall–Kier alpha value is -4.15. The van der Waals surface area contributed by atoms with E-state index in [0.29, 0.717) is 42.3 Å². The van der Waals surface area contributed by atoms with Gasteiger partial charge < -0.3 is 14.0 Å². The van der Waals surface area contributed by atoms with Crippen LogP contribution in [0.25, 0.3) is 11.5 Å². The van der Waals surface area contributed by atoms with Crippen molar-refractivity contribution in [2.45, 2.75) is 40.2 Å². The van der Waals surface area contributed by atoms with Gasteiger partial charge in [0.05, 0.1) is 24.5 Å². The summed E-state index contributed by atoms with van der Waals surface area (Å²) in [4.78, 5) is 21.6. The van der Waals surface area contributed by atoms with E-state index in [9.17, 15) is 13.2 Å². The number of rotatable bonds is 10. The third kappa shape index (κ3) is 6.03. The fraction of sp³-hybridized carbons (Fsp3) is 0.267. The van der Waals surface area contributed by atoms with E-state index in [-0.39, 0.29) is 13.1 Å². The third-order valence-corrected chi connectivity index (χ3v) is 8.30. The summed E-state index contributed by atoms with van der Waals surface area (Å²) < 4.78 is 40.7. The van der Waals surface area contributed by atoms with Crippen molar-refractivity contribution in [1.29, 1.82) is 0 Å². The number of ether oxygens (including phenoxy) is 1. The number of oxazole rings is 1. The van der Waals surface area contributed by atoms with E-state index in [0.717, 1.165) is 27.0 Å². The quantitative estimate of drug-likeness (QED) is 0.246. The van der Waals surface area contributed by atoms with Gasteiger partial charge in [0.1, 0.15) is 11.5 Å². The second-order valence-corrected chi connectivity index (χ2v) is 11.4. The lowest BCUT2D eigenvalue weighted by molar-refractivity contribution is -0.168. The summed E-state index contributed by atoms with van der Waals surface area (Å²) >= 11 is 0. The van der Waals surface area contributed by atoms with Crippen molar-refractivity contribution in [2.24, 2.45) is 0 Å². The van der Waals surface area contributed by atoms with Crippen molar-refractivity contribution in [2.75, 3.05) is 17.5 Å².